The molecule has 1 aromatic carbocycles. The summed E-state index contributed by atoms with van der Waals surface area (Å²) in [4.78, 5) is 23.2. The van der Waals surface area contributed by atoms with E-state index in [0.717, 1.165) is 0 Å². The Morgan fingerprint density at radius 1 is 1.35 bits per heavy atom. The van der Waals surface area contributed by atoms with E-state index >= 15 is 0 Å². The molecule has 1 saturated heterocycles. The van der Waals surface area contributed by atoms with E-state index in [1.807, 2.05) is 0 Å². The Bertz CT molecular complexity index is 739. The number of aliphatic hydroxyl groups is 2. The molecule has 0 bridgehead atoms. The van der Waals surface area contributed by atoms with Crippen molar-refractivity contribution in [3.63, 3.8) is 0 Å². The summed E-state index contributed by atoms with van der Waals surface area (Å²) < 4.78 is 10.5. The summed E-state index contributed by atoms with van der Waals surface area (Å²) in [7, 11) is 0. The van der Waals surface area contributed by atoms with Gasteiger partial charge in [-0.25, -0.2) is 4.79 Å². The van der Waals surface area contributed by atoms with Gasteiger partial charge in [0, 0.05) is 12.0 Å². The number of fused-ring (bicyclic) bond motifs is 1. The van der Waals surface area contributed by atoms with Gasteiger partial charge in [-0.2, -0.15) is 0 Å². The van der Waals surface area contributed by atoms with Gasteiger partial charge in [-0.15, -0.1) is 0 Å². The van der Waals surface area contributed by atoms with Gasteiger partial charge in [-0.05, 0) is 35.8 Å². The second-order valence-electron chi connectivity index (χ2n) is 6.60. The first-order valence-corrected chi connectivity index (χ1v) is 8.19. The number of aliphatic hydroxyl groups excluding tert-OH is 1. The average Bonchev–Trinajstić information content (AvgIpc) is 3.08. The lowest BCUT2D eigenvalue weighted by Gasteiger charge is -2.28. The number of carbonyl (C=O) groups is 2. The maximum Gasteiger partial charge on any atom is 0.331 e. The van der Waals surface area contributed by atoms with Gasteiger partial charge in [0.2, 0.25) is 0 Å². The third-order valence-electron chi connectivity index (χ3n) is 5.02. The van der Waals surface area contributed by atoms with Gasteiger partial charge in [0.25, 0.3) is 0 Å². The van der Waals surface area contributed by atoms with Crippen LogP contribution in [0.2, 0.25) is 0 Å². The van der Waals surface area contributed by atoms with E-state index in [-0.39, 0.29) is 24.4 Å². The van der Waals surface area contributed by atoms with Crippen LogP contribution in [0.3, 0.4) is 0 Å². The number of carbonyl (C=O) groups excluding carboxylic acids is 2. The Morgan fingerprint density at radius 3 is 2.69 bits per heavy atom. The number of hydrogen-bond donors (Lipinski definition) is 3. The van der Waals surface area contributed by atoms with Crippen molar-refractivity contribution in [2.75, 3.05) is 6.61 Å². The van der Waals surface area contributed by atoms with Crippen LogP contribution in [0, 0.1) is 11.8 Å². The fraction of sp³-hybridized carbons (Fsp3) is 0.368. The number of hydrogen-bond acceptors (Lipinski definition) is 7. The first-order valence-electron chi connectivity index (χ1n) is 8.19. The van der Waals surface area contributed by atoms with Crippen LogP contribution in [0.5, 0.6) is 5.75 Å². The molecule has 0 unspecified atom stereocenters. The second-order valence-corrected chi connectivity index (χ2v) is 6.60. The van der Waals surface area contributed by atoms with Gasteiger partial charge in [-0.1, -0.05) is 18.7 Å². The van der Waals surface area contributed by atoms with Crippen LogP contribution in [0.1, 0.15) is 12.0 Å². The number of aromatic hydroxyl groups is 1. The molecule has 1 saturated carbocycles. The van der Waals surface area contributed by atoms with E-state index in [4.69, 9.17) is 9.47 Å². The minimum absolute atomic E-state index is 0.116. The number of rotatable bonds is 5. The topological polar surface area (TPSA) is 113 Å². The molecule has 0 spiro atoms. The number of allylic oxidation sites excluding steroid dienone is 1. The zero-order chi connectivity index (χ0) is 18.9. The van der Waals surface area contributed by atoms with Crippen molar-refractivity contribution in [1.29, 1.82) is 0 Å². The standard InChI is InChI=1S/C19H20O7/c1-11(9-20)14-8-15(19(24)10-25-18(23)17(14)19)26-16(22)7-4-12-2-5-13(21)6-3-12/h2-7,9,14-15,17-18,21,23-24H,1,8,10H2/b7-4+/t14-,15+,17-,18+,19+/m1/s1. The largest absolute Gasteiger partial charge is 0.508 e. The van der Waals surface area contributed by atoms with Gasteiger partial charge in [-0.3, -0.25) is 4.79 Å². The maximum absolute atomic E-state index is 12.1. The normalized spacial score (nSPS) is 33.2. The predicted octanol–water partition coefficient (Wildman–Crippen LogP) is 0.788. The van der Waals surface area contributed by atoms with Crippen molar-refractivity contribution in [2.45, 2.75) is 24.4 Å². The lowest BCUT2D eigenvalue weighted by Crippen LogP contribution is -2.46. The summed E-state index contributed by atoms with van der Waals surface area (Å²) in [6.45, 7) is 3.46. The number of ether oxygens (including phenoxy) is 2. The summed E-state index contributed by atoms with van der Waals surface area (Å²) in [6, 6.07) is 6.23. The first-order chi connectivity index (χ1) is 12.3. The molecule has 2 fully saturated rings. The third-order valence-corrected chi connectivity index (χ3v) is 5.02. The minimum Gasteiger partial charge on any atom is -0.508 e. The van der Waals surface area contributed by atoms with E-state index in [0.29, 0.717) is 11.8 Å². The molecule has 26 heavy (non-hydrogen) atoms. The van der Waals surface area contributed by atoms with Gasteiger partial charge in [0.15, 0.2) is 6.29 Å². The average molecular weight is 360 g/mol. The highest BCUT2D eigenvalue weighted by atomic mass is 16.6. The van der Waals surface area contributed by atoms with Crippen molar-refractivity contribution in [2.24, 2.45) is 11.8 Å². The lowest BCUT2D eigenvalue weighted by molar-refractivity contribution is -0.157. The predicted molar refractivity (Wildman–Crippen MR) is 90.7 cm³/mol. The number of phenolic OH excluding ortho intramolecular Hbond substituents is 1. The minimum atomic E-state index is -1.57. The molecular formula is C19H20O7. The highest BCUT2D eigenvalue weighted by Crippen LogP contribution is 2.50. The van der Waals surface area contributed by atoms with Crippen LogP contribution in [0.25, 0.3) is 6.08 Å². The summed E-state index contributed by atoms with van der Waals surface area (Å²) in [5, 5.41) is 30.1. The lowest BCUT2D eigenvalue weighted by atomic mass is 9.84. The first kappa shape index (κ1) is 18.3. The smallest absolute Gasteiger partial charge is 0.331 e. The highest BCUT2D eigenvalue weighted by Gasteiger charge is 2.63. The van der Waals surface area contributed by atoms with Crippen LogP contribution in [-0.2, 0) is 19.1 Å². The van der Waals surface area contributed by atoms with Crippen molar-refractivity contribution in [1.82, 2.24) is 0 Å². The Labute approximate surface area is 150 Å². The molecule has 1 aliphatic heterocycles. The van der Waals surface area contributed by atoms with Gasteiger partial charge in [0.1, 0.15) is 23.7 Å². The van der Waals surface area contributed by atoms with Gasteiger partial charge < -0.3 is 24.8 Å². The molecule has 7 nitrogen and oxygen atoms in total. The molecule has 0 amide bonds. The highest BCUT2D eigenvalue weighted by molar-refractivity contribution is 5.87. The molecule has 2 aliphatic rings. The van der Waals surface area contributed by atoms with Crippen LogP contribution >= 0.6 is 0 Å². The Hall–Kier alpha value is -2.48. The second kappa shape index (κ2) is 7.03. The molecule has 1 heterocycles. The van der Waals surface area contributed by atoms with Gasteiger partial charge in [0.05, 0.1) is 12.5 Å². The summed E-state index contributed by atoms with van der Waals surface area (Å²) >= 11 is 0. The van der Waals surface area contributed by atoms with E-state index < -0.39 is 35.8 Å². The Balaban J connectivity index is 1.72. The fourth-order valence-electron chi connectivity index (χ4n) is 3.65. The number of phenols is 1. The molecule has 3 N–H and O–H groups in total. The Kier molecular flexibility index (Phi) is 4.95. The summed E-state index contributed by atoms with van der Waals surface area (Å²) in [5.41, 5.74) is -0.663. The molecule has 0 aromatic heterocycles. The third kappa shape index (κ3) is 3.29. The molecule has 5 atom stereocenters. The fourth-order valence-corrected chi connectivity index (χ4v) is 3.65. The number of esters is 1. The van der Waals surface area contributed by atoms with E-state index in [1.165, 1.54) is 24.3 Å². The van der Waals surface area contributed by atoms with E-state index in [9.17, 15) is 24.9 Å². The summed E-state index contributed by atoms with van der Waals surface area (Å²) in [5.74, 6) is -1.87. The summed E-state index contributed by atoms with van der Waals surface area (Å²) in [6.07, 6.45) is 1.29. The quantitative estimate of drug-likeness (QED) is 0.404. The zero-order valence-electron chi connectivity index (χ0n) is 13.9. The molecule has 138 valence electrons. The molecule has 3 rings (SSSR count). The van der Waals surface area contributed by atoms with Gasteiger partial charge >= 0.3 is 5.97 Å². The van der Waals surface area contributed by atoms with Crippen LogP contribution in [0.15, 0.2) is 42.5 Å². The van der Waals surface area contributed by atoms with Crippen molar-refractivity contribution < 1.29 is 34.4 Å². The SMILES string of the molecule is C=C(C=O)[C@H]1C[C@H](OC(=O)/C=C/c2ccc(O)cc2)[C@@]2(O)CO[C@H](O)[C@@H]12. The Morgan fingerprint density at radius 2 is 2.04 bits per heavy atom. The molecule has 0 radical (unpaired) electrons. The molecule has 7 heteroatoms. The van der Waals surface area contributed by atoms with Crippen LogP contribution in [0.4, 0.5) is 0 Å². The van der Waals surface area contributed by atoms with Crippen LogP contribution in [-0.4, -0.2) is 52.2 Å². The number of benzene rings is 1. The molecule has 1 aliphatic carbocycles. The van der Waals surface area contributed by atoms with Crippen molar-refractivity contribution in [3.8, 4) is 5.75 Å². The zero-order valence-corrected chi connectivity index (χ0v) is 13.9. The van der Waals surface area contributed by atoms with E-state index in [2.05, 4.69) is 6.58 Å². The monoisotopic (exact) mass is 360 g/mol. The van der Waals surface area contributed by atoms with Crippen molar-refractivity contribution >= 4 is 18.3 Å². The van der Waals surface area contributed by atoms with Crippen molar-refractivity contribution in [3.05, 3.63) is 48.1 Å². The molecular weight excluding hydrogens is 340 g/mol. The number of aldehydes is 1. The molecule has 1 aromatic rings. The van der Waals surface area contributed by atoms with Crippen LogP contribution < -0.4 is 0 Å². The maximum atomic E-state index is 12.1. The van der Waals surface area contributed by atoms with E-state index in [1.54, 1.807) is 12.1 Å².